The van der Waals surface area contributed by atoms with E-state index < -0.39 is 10.9 Å². The molecule has 0 saturated carbocycles. The molecule has 1 N–H and O–H groups in total. The minimum absolute atomic E-state index is 0.134. The van der Waals surface area contributed by atoms with Gasteiger partial charge in [-0.15, -0.1) is 0 Å². The number of aliphatic hydroxyl groups is 1. The van der Waals surface area contributed by atoms with Crippen molar-refractivity contribution in [1.82, 2.24) is 0 Å². The van der Waals surface area contributed by atoms with Crippen molar-refractivity contribution in [2.24, 2.45) is 0 Å². The summed E-state index contributed by atoms with van der Waals surface area (Å²) in [4.78, 5) is 0. The fraction of sp³-hybridized carbons (Fsp3) is 0.333. The number of hydrogen-bond acceptors (Lipinski definition) is 1. The van der Waals surface area contributed by atoms with Gasteiger partial charge in [-0.2, -0.15) is 0 Å². The minimum atomic E-state index is -1.50. The number of rotatable bonds is 0. The van der Waals surface area contributed by atoms with E-state index in [0.29, 0.717) is 0 Å². The first kappa shape index (κ1) is 6.78. The molecule has 1 atom stereocenters. The van der Waals surface area contributed by atoms with Gasteiger partial charge in [-0.3, -0.25) is 0 Å². The lowest BCUT2D eigenvalue weighted by molar-refractivity contribution is 0.170. The lowest BCUT2D eigenvalue weighted by atomic mass is 10.1. The summed E-state index contributed by atoms with van der Waals surface area (Å²) in [6.07, 6.45) is 3.88. The van der Waals surface area contributed by atoms with E-state index in [1.54, 1.807) is 0 Å². The summed E-state index contributed by atoms with van der Waals surface area (Å²) in [6, 6.07) is 0. The number of allylic oxidation sites excluding steroid dienone is 2. The highest BCUT2D eigenvalue weighted by atomic mass is 35.5. The summed E-state index contributed by atoms with van der Waals surface area (Å²) in [5, 5.41) is 7.44. The van der Waals surface area contributed by atoms with Crippen molar-refractivity contribution in [2.45, 2.75) is 11.5 Å². The van der Waals surface area contributed by atoms with Gasteiger partial charge < -0.3 is 5.11 Å². The van der Waals surface area contributed by atoms with Gasteiger partial charge in [0.1, 0.15) is 5.83 Å². The molecule has 3 heteroatoms. The fourth-order valence-electron chi connectivity index (χ4n) is 0.655. The Kier molecular flexibility index (Phi) is 1.60. The van der Waals surface area contributed by atoms with Crippen LogP contribution < -0.4 is 0 Å². The SMILES string of the molecule is O[C@@]1(Cl)C=CC=C(F)C1. The molecule has 0 bridgehead atoms. The molecule has 0 aromatic heterocycles. The quantitative estimate of drug-likeness (QED) is 0.519. The summed E-state index contributed by atoms with van der Waals surface area (Å²) < 4.78 is 12.2. The van der Waals surface area contributed by atoms with Crippen molar-refractivity contribution in [1.29, 1.82) is 0 Å². The fourth-order valence-corrected chi connectivity index (χ4v) is 0.855. The molecule has 0 spiro atoms. The highest BCUT2D eigenvalue weighted by molar-refractivity contribution is 6.24. The van der Waals surface area contributed by atoms with E-state index in [-0.39, 0.29) is 6.42 Å². The molecular formula is C6H6ClFO. The van der Waals surface area contributed by atoms with Crippen LogP contribution in [0.4, 0.5) is 4.39 Å². The molecule has 0 aromatic rings. The zero-order valence-electron chi connectivity index (χ0n) is 4.64. The zero-order chi connectivity index (χ0) is 6.91. The summed E-state index contributed by atoms with van der Waals surface area (Å²) in [6.45, 7) is 0. The van der Waals surface area contributed by atoms with Crippen molar-refractivity contribution in [3.05, 3.63) is 24.1 Å². The van der Waals surface area contributed by atoms with Gasteiger partial charge in [0.15, 0.2) is 5.06 Å². The lowest BCUT2D eigenvalue weighted by Gasteiger charge is -2.16. The average molecular weight is 149 g/mol. The molecule has 0 amide bonds. The van der Waals surface area contributed by atoms with Gasteiger partial charge in [-0.25, -0.2) is 4.39 Å². The van der Waals surface area contributed by atoms with Gasteiger partial charge in [0.05, 0.1) is 0 Å². The van der Waals surface area contributed by atoms with Crippen molar-refractivity contribution in [2.75, 3.05) is 0 Å². The van der Waals surface area contributed by atoms with Crippen molar-refractivity contribution in [3.63, 3.8) is 0 Å². The monoisotopic (exact) mass is 148 g/mol. The third kappa shape index (κ3) is 1.80. The van der Waals surface area contributed by atoms with Crippen LogP contribution in [0, 0.1) is 0 Å². The summed E-state index contributed by atoms with van der Waals surface area (Å²) >= 11 is 5.35. The topological polar surface area (TPSA) is 20.2 Å². The first-order valence-electron chi connectivity index (χ1n) is 2.55. The van der Waals surface area contributed by atoms with E-state index in [1.165, 1.54) is 18.2 Å². The molecule has 1 nitrogen and oxygen atoms in total. The van der Waals surface area contributed by atoms with Crippen LogP contribution >= 0.6 is 11.6 Å². The Labute approximate surface area is 57.4 Å². The van der Waals surface area contributed by atoms with Crippen LogP contribution in [0.1, 0.15) is 6.42 Å². The van der Waals surface area contributed by atoms with E-state index >= 15 is 0 Å². The van der Waals surface area contributed by atoms with Crippen molar-refractivity contribution in [3.8, 4) is 0 Å². The molecule has 0 unspecified atom stereocenters. The predicted molar refractivity (Wildman–Crippen MR) is 33.8 cm³/mol. The van der Waals surface area contributed by atoms with Gasteiger partial charge in [-0.05, 0) is 12.2 Å². The smallest absolute Gasteiger partial charge is 0.163 e. The Morgan fingerprint density at radius 2 is 2.44 bits per heavy atom. The molecule has 0 fully saturated rings. The van der Waals surface area contributed by atoms with Crippen LogP contribution in [-0.4, -0.2) is 10.2 Å². The molecule has 1 aliphatic rings. The second kappa shape index (κ2) is 2.12. The first-order chi connectivity index (χ1) is 4.10. The number of hydrogen-bond donors (Lipinski definition) is 1. The van der Waals surface area contributed by atoms with Crippen LogP contribution in [0.25, 0.3) is 0 Å². The zero-order valence-corrected chi connectivity index (χ0v) is 5.40. The Morgan fingerprint density at radius 1 is 1.78 bits per heavy atom. The van der Waals surface area contributed by atoms with E-state index in [2.05, 4.69) is 0 Å². The second-order valence-corrected chi connectivity index (χ2v) is 2.62. The molecule has 0 heterocycles. The number of alkyl halides is 1. The Morgan fingerprint density at radius 3 is 2.78 bits per heavy atom. The molecule has 50 valence electrons. The number of halogens is 2. The van der Waals surface area contributed by atoms with Crippen LogP contribution in [0.5, 0.6) is 0 Å². The average Bonchev–Trinajstić information content (AvgIpc) is 1.60. The maximum atomic E-state index is 12.2. The summed E-state index contributed by atoms with van der Waals surface area (Å²) in [5.74, 6) is -0.394. The molecule has 1 rings (SSSR count). The summed E-state index contributed by atoms with van der Waals surface area (Å²) in [7, 11) is 0. The third-order valence-corrected chi connectivity index (χ3v) is 1.31. The van der Waals surface area contributed by atoms with Crippen molar-refractivity contribution < 1.29 is 9.50 Å². The Balaban J connectivity index is 2.73. The minimum Gasteiger partial charge on any atom is -0.371 e. The molecular weight excluding hydrogens is 143 g/mol. The van der Waals surface area contributed by atoms with E-state index in [4.69, 9.17) is 16.7 Å². The van der Waals surface area contributed by atoms with Gasteiger partial charge >= 0.3 is 0 Å². The molecule has 0 aromatic carbocycles. The van der Waals surface area contributed by atoms with Crippen LogP contribution in [-0.2, 0) is 0 Å². The van der Waals surface area contributed by atoms with Crippen LogP contribution in [0.15, 0.2) is 24.1 Å². The molecule has 0 aliphatic heterocycles. The van der Waals surface area contributed by atoms with Gasteiger partial charge in [0.25, 0.3) is 0 Å². The van der Waals surface area contributed by atoms with Gasteiger partial charge in [0.2, 0.25) is 0 Å². The molecule has 0 radical (unpaired) electrons. The molecule has 9 heavy (non-hydrogen) atoms. The van der Waals surface area contributed by atoms with Crippen LogP contribution in [0.3, 0.4) is 0 Å². The van der Waals surface area contributed by atoms with E-state index in [1.807, 2.05) is 0 Å². The van der Waals surface area contributed by atoms with Gasteiger partial charge in [0, 0.05) is 6.42 Å². The van der Waals surface area contributed by atoms with E-state index in [0.717, 1.165) is 0 Å². The molecule has 1 aliphatic carbocycles. The first-order valence-corrected chi connectivity index (χ1v) is 2.93. The highest BCUT2D eigenvalue weighted by Gasteiger charge is 2.23. The normalized spacial score (nSPS) is 34.3. The summed E-state index contributed by atoms with van der Waals surface area (Å²) in [5.41, 5.74) is 0. The van der Waals surface area contributed by atoms with Gasteiger partial charge in [-0.1, -0.05) is 17.7 Å². The Bertz CT molecular complexity index is 172. The molecule has 0 saturated heterocycles. The standard InChI is InChI=1S/C6H6ClFO/c7-6(9)3-1-2-5(8)4-6/h1-3,9H,4H2/t6-/m0/s1. The third-order valence-electron chi connectivity index (χ3n) is 1.05. The largest absolute Gasteiger partial charge is 0.371 e. The predicted octanol–water partition coefficient (Wildman–Crippen LogP) is 1.73. The van der Waals surface area contributed by atoms with Crippen LogP contribution in [0.2, 0.25) is 0 Å². The second-order valence-electron chi connectivity index (χ2n) is 1.97. The highest BCUT2D eigenvalue weighted by Crippen LogP contribution is 2.26. The maximum absolute atomic E-state index is 12.2. The van der Waals surface area contributed by atoms with E-state index in [9.17, 15) is 4.39 Å². The van der Waals surface area contributed by atoms with Crippen molar-refractivity contribution >= 4 is 11.6 Å². The Hall–Kier alpha value is -0.340. The maximum Gasteiger partial charge on any atom is 0.163 e. The lowest BCUT2D eigenvalue weighted by Crippen LogP contribution is -2.18.